The molecule has 0 aliphatic heterocycles. The number of alkyl halides is 2. The SMILES string of the molecule is C.CNc1c(N)cnc2ccc(C#CCNC(=O)c3cncn(Cc4ccc(F)c(F)c4)c3=O)cc12.Cn1c(CF)nc2cnc3ccc(C#CCNC(=O)c4cncn(Cc5ccc(F)c(F)c5)c4=O)cc3c21.O=C(Cl)CF.[V]. The van der Waals surface area contributed by atoms with Crippen LogP contribution in [0.1, 0.15) is 56.2 Å². The van der Waals surface area contributed by atoms with Gasteiger partial charge in [-0.3, -0.25) is 43.1 Å². The predicted molar refractivity (Wildman–Crippen MR) is 286 cm³/mol. The molecule has 0 unspecified atom stereocenters. The molecule has 80 heavy (non-hydrogen) atoms. The molecule has 1 radical (unpaired) electrons. The summed E-state index contributed by atoms with van der Waals surface area (Å²) in [5, 5.41) is 8.83. The number of imidazole rings is 1. The Hall–Kier alpha value is -9.29. The van der Waals surface area contributed by atoms with Gasteiger partial charge in [-0.05, 0) is 83.4 Å². The second-order valence-electron chi connectivity index (χ2n) is 16.5. The molecule has 0 spiro atoms. The molecule has 2 amide bonds. The summed E-state index contributed by atoms with van der Waals surface area (Å²) in [6.45, 7) is -1.98. The number of halogens is 7. The van der Waals surface area contributed by atoms with Crippen LogP contribution in [0.25, 0.3) is 32.8 Å². The van der Waals surface area contributed by atoms with Crippen molar-refractivity contribution in [2.75, 3.05) is 37.9 Å². The Morgan fingerprint density at radius 3 is 1.60 bits per heavy atom. The number of benzene rings is 4. The second kappa shape index (κ2) is 28.4. The fraction of sp³-hybridized carbons (Fsp3) is 0.164. The maximum Gasteiger partial charge on any atom is 0.266 e. The topological polar surface area (TPSA) is 227 Å². The molecule has 0 saturated heterocycles. The molecule has 4 aromatic carbocycles. The third-order valence-corrected chi connectivity index (χ3v) is 11.4. The number of anilines is 2. The summed E-state index contributed by atoms with van der Waals surface area (Å²) in [5.41, 5.74) is 10.4. The molecule has 17 nitrogen and oxygen atoms in total. The predicted octanol–water partition coefficient (Wildman–Crippen LogP) is 7.13. The Kier molecular flexibility index (Phi) is 21.8. The van der Waals surface area contributed by atoms with E-state index in [0.29, 0.717) is 44.8 Å². The number of aryl methyl sites for hydroxylation is 1. The zero-order valence-corrected chi connectivity index (χ0v) is 43.6. The van der Waals surface area contributed by atoms with Crippen LogP contribution in [0.3, 0.4) is 0 Å². The van der Waals surface area contributed by atoms with Gasteiger partial charge < -0.3 is 26.3 Å². The van der Waals surface area contributed by atoms with Crippen LogP contribution in [-0.2, 0) is 50.2 Å². The number of pyridine rings is 2. The maximum absolute atomic E-state index is 13.5. The van der Waals surface area contributed by atoms with Gasteiger partial charge in [-0.15, -0.1) is 0 Å². The van der Waals surface area contributed by atoms with Crippen molar-refractivity contribution in [1.82, 2.24) is 49.3 Å². The average Bonchev–Trinajstić information content (AvgIpc) is 3.82. The fourth-order valence-electron chi connectivity index (χ4n) is 7.55. The standard InChI is InChI=1S/C27H19F3N6O2.C25H20F2N6O2.C2H2ClFO.CH4.V/c1-35-24(11-28)34-23-13-33-22-7-5-16(9-18(22)25(23)35)3-2-8-32-26(37)19-12-31-15-36(27(19)38)14-17-4-6-20(29)21(30)10-17;1-29-23-17-9-15(5-7-22(17)32-12-21(23)28)3-2-8-31-24(34)18-11-30-14-33(25(18)35)13-16-4-6-19(26)20(27)10-16;3-2(5)1-4;;/h4-7,9-10,12-13,15H,8,11,14H2,1H3,(H,32,37);4-7,9-12,14H,8,13,28H2,1H3,(H,29,32)(H,31,34);1H2;1H4;. The van der Waals surface area contributed by atoms with Crippen LogP contribution in [0.5, 0.6) is 0 Å². The van der Waals surface area contributed by atoms with E-state index in [1.54, 1.807) is 49.3 Å². The first-order chi connectivity index (χ1) is 37.5. The monoisotopic (exact) mass is 1150 g/mol. The number of amides is 2. The van der Waals surface area contributed by atoms with E-state index in [2.05, 4.69) is 76.2 Å². The molecule has 5 heterocycles. The number of carbonyl (C=O) groups excluding carboxylic acids is 3. The van der Waals surface area contributed by atoms with Gasteiger partial charge in [0.15, 0.2) is 29.9 Å². The number of nitrogens with two attached hydrogens (primary N) is 1. The molecule has 0 fully saturated rings. The van der Waals surface area contributed by atoms with Gasteiger partial charge in [-0.2, -0.15) is 0 Å². The first-order valence-corrected chi connectivity index (χ1v) is 23.3. The van der Waals surface area contributed by atoms with Gasteiger partial charge in [-0.1, -0.05) is 43.2 Å². The van der Waals surface area contributed by atoms with Crippen LogP contribution < -0.4 is 32.8 Å². The Balaban J connectivity index is 0.000000266. The summed E-state index contributed by atoms with van der Waals surface area (Å²) in [6.07, 6.45) is 7.90. The molecule has 0 saturated carbocycles. The molecule has 0 aliphatic carbocycles. The van der Waals surface area contributed by atoms with Crippen LogP contribution in [0.4, 0.5) is 37.7 Å². The molecule has 9 aromatic rings. The molecule has 25 heteroatoms. The third-order valence-electron chi connectivity index (χ3n) is 11.3. The van der Waals surface area contributed by atoms with Crippen molar-refractivity contribution in [2.45, 2.75) is 27.2 Å². The molecule has 5 aromatic heterocycles. The molecule has 9 rings (SSSR count). The zero-order chi connectivity index (χ0) is 56.0. The van der Waals surface area contributed by atoms with E-state index in [0.717, 1.165) is 73.3 Å². The van der Waals surface area contributed by atoms with Crippen LogP contribution in [0.2, 0.25) is 0 Å². The maximum atomic E-state index is 13.5. The third kappa shape index (κ3) is 15.0. The molecule has 5 N–H and O–H groups in total. The first-order valence-electron chi connectivity index (χ1n) is 22.9. The molecule has 0 aliphatic rings. The summed E-state index contributed by atoms with van der Waals surface area (Å²) in [4.78, 5) is 80.4. The molecular formula is C55H45ClF6N12O5V. The van der Waals surface area contributed by atoms with Crippen LogP contribution in [0.15, 0.2) is 120 Å². The minimum absolute atomic E-state index is 0. The molecular weight excluding hydrogens is 1110 g/mol. The summed E-state index contributed by atoms with van der Waals surface area (Å²) in [7, 11) is 3.51. The van der Waals surface area contributed by atoms with E-state index in [4.69, 9.17) is 5.73 Å². The van der Waals surface area contributed by atoms with E-state index >= 15 is 0 Å². The largest absolute Gasteiger partial charge is 0.396 e. The van der Waals surface area contributed by atoms with E-state index < -0.39 is 64.8 Å². The Morgan fingerprint density at radius 2 is 1.14 bits per heavy atom. The number of aromatic nitrogens is 8. The zero-order valence-electron chi connectivity index (χ0n) is 41.4. The normalized spacial score (nSPS) is 10.3. The van der Waals surface area contributed by atoms with Crippen molar-refractivity contribution in [3.05, 3.63) is 193 Å². The molecule has 0 atom stereocenters. The van der Waals surface area contributed by atoms with Gasteiger partial charge in [0.05, 0.1) is 79.2 Å². The van der Waals surface area contributed by atoms with E-state index in [9.17, 15) is 50.3 Å². The molecule has 0 bridgehead atoms. The van der Waals surface area contributed by atoms with Gasteiger partial charge >= 0.3 is 0 Å². The summed E-state index contributed by atoms with van der Waals surface area (Å²) < 4.78 is 81.1. The average molecular weight is 1150 g/mol. The van der Waals surface area contributed by atoms with Crippen molar-refractivity contribution in [3.8, 4) is 23.7 Å². The minimum atomic E-state index is -1.07. The van der Waals surface area contributed by atoms with Crippen molar-refractivity contribution in [2.24, 2.45) is 7.05 Å². The van der Waals surface area contributed by atoms with Gasteiger partial charge in [0.25, 0.3) is 28.2 Å². The Bertz CT molecular complexity index is 4040. The van der Waals surface area contributed by atoms with Gasteiger partial charge in [-0.25, -0.2) is 41.3 Å². The Morgan fingerprint density at radius 1 is 0.662 bits per heavy atom. The van der Waals surface area contributed by atoms with Crippen molar-refractivity contribution >= 4 is 72.9 Å². The van der Waals surface area contributed by atoms with Crippen LogP contribution >= 0.6 is 11.6 Å². The van der Waals surface area contributed by atoms with E-state index in [-0.39, 0.29) is 63.3 Å². The van der Waals surface area contributed by atoms with Gasteiger partial charge in [0.1, 0.15) is 29.1 Å². The summed E-state index contributed by atoms with van der Waals surface area (Å²) in [6, 6.07) is 17.5. The van der Waals surface area contributed by atoms with Crippen molar-refractivity contribution in [3.63, 3.8) is 0 Å². The molecule has 409 valence electrons. The minimum Gasteiger partial charge on any atom is -0.396 e. The van der Waals surface area contributed by atoms with Gasteiger partial charge in [0.2, 0.25) is 0 Å². The van der Waals surface area contributed by atoms with E-state index in [1.807, 2.05) is 18.2 Å². The fourth-order valence-corrected chi connectivity index (χ4v) is 7.55. The number of hydrogen-bond acceptors (Lipinski definition) is 12. The smallest absolute Gasteiger partial charge is 0.266 e. The summed E-state index contributed by atoms with van der Waals surface area (Å²) in [5.74, 6) is 6.54. The number of fused-ring (bicyclic) bond motifs is 4. The van der Waals surface area contributed by atoms with Crippen molar-refractivity contribution in [1.29, 1.82) is 0 Å². The number of nitrogens with one attached hydrogen (secondary N) is 3. The quantitative estimate of drug-likeness (QED) is 0.0576. The summed E-state index contributed by atoms with van der Waals surface area (Å²) >= 11 is 4.45. The van der Waals surface area contributed by atoms with E-state index in [1.165, 1.54) is 24.8 Å². The number of hydrogen-bond donors (Lipinski definition) is 4. The number of nitrogen functional groups attached to an aromatic ring is 1. The van der Waals surface area contributed by atoms with Crippen LogP contribution in [0, 0.1) is 47.0 Å². The number of carbonyl (C=O) groups is 3. The Labute approximate surface area is 468 Å². The number of rotatable bonds is 11. The van der Waals surface area contributed by atoms with Crippen LogP contribution in [-0.4, -0.2) is 82.5 Å². The number of nitrogens with zero attached hydrogens (tertiary/aromatic N) is 8. The van der Waals surface area contributed by atoms with Gasteiger partial charge in [0, 0.05) is 66.9 Å². The second-order valence-corrected chi connectivity index (χ2v) is 16.9. The first kappa shape index (κ1) is 61.6. The van der Waals surface area contributed by atoms with Crippen molar-refractivity contribution < 1.29 is 59.3 Å².